The van der Waals surface area contributed by atoms with E-state index in [-0.39, 0.29) is 18.2 Å². The Bertz CT molecular complexity index is 254. The van der Waals surface area contributed by atoms with E-state index in [1.807, 2.05) is 6.92 Å². The lowest BCUT2D eigenvalue weighted by molar-refractivity contribution is -0.138. The van der Waals surface area contributed by atoms with Gasteiger partial charge in [0, 0.05) is 13.0 Å². The number of nitrogens with one attached hydrogen (secondary N) is 1. The standard InChI is InChI=1S/C11H20N2O3/c1-3-5-9(12)11(16)13-7-8(4-2)6-10(14)15/h3,8-9H,1,4-7,12H2,2H3,(H,13,16)(H,14,15). The van der Waals surface area contributed by atoms with Crippen molar-refractivity contribution in [1.29, 1.82) is 0 Å². The number of rotatable bonds is 8. The Balaban J connectivity index is 3.96. The Hall–Kier alpha value is -1.36. The Morgan fingerprint density at radius 3 is 2.62 bits per heavy atom. The zero-order chi connectivity index (χ0) is 12.6. The smallest absolute Gasteiger partial charge is 0.303 e. The maximum absolute atomic E-state index is 11.4. The van der Waals surface area contributed by atoms with E-state index >= 15 is 0 Å². The summed E-state index contributed by atoms with van der Waals surface area (Å²) >= 11 is 0. The topological polar surface area (TPSA) is 92.4 Å². The van der Waals surface area contributed by atoms with Gasteiger partial charge in [0.25, 0.3) is 0 Å². The minimum Gasteiger partial charge on any atom is -0.481 e. The molecule has 0 aliphatic carbocycles. The van der Waals surface area contributed by atoms with Gasteiger partial charge in [0.2, 0.25) is 5.91 Å². The molecule has 0 aliphatic heterocycles. The minimum absolute atomic E-state index is 0.0441. The molecule has 0 fully saturated rings. The van der Waals surface area contributed by atoms with Crippen LogP contribution in [0.1, 0.15) is 26.2 Å². The molecule has 4 N–H and O–H groups in total. The van der Waals surface area contributed by atoms with Crippen LogP contribution in [0, 0.1) is 5.92 Å². The molecular formula is C11H20N2O3. The zero-order valence-electron chi connectivity index (χ0n) is 9.61. The average molecular weight is 228 g/mol. The van der Waals surface area contributed by atoms with Crippen LogP contribution in [0.2, 0.25) is 0 Å². The summed E-state index contributed by atoms with van der Waals surface area (Å²) in [6.45, 7) is 5.74. The van der Waals surface area contributed by atoms with E-state index in [9.17, 15) is 9.59 Å². The molecule has 5 heteroatoms. The monoisotopic (exact) mass is 228 g/mol. The van der Waals surface area contributed by atoms with Crippen LogP contribution in [0.25, 0.3) is 0 Å². The largest absolute Gasteiger partial charge is 0.481 e. The lowest BCUT2D eigenvalue weighted by atomic mass is 10.0. The van der Waals surface area contributed by atoms with Crippen LogP contribution in [0.3, 0.4) is 0 Å². The van der Waals surface area contributed by atoms with Crippen LogP contribution in [-0.4, -0.2) is 29.6 Å². The summed E-state index contributed by atoms with van der Waals surface area (Å²) in [5.41, 5.74) is 5.56. The molecule has 2 unspecified atom stereocenters. The van der Waals surface area contributed by atoms with E-state index in [4.69, 9.17) is 10.8 Å². The van der Waals surface area contributed by atoms with Gasteiger partial charge in [-0.15, -0.1) is 6.58 Å². The summed E-state index contributed by atoms with van der Waals surface area (Å²) in [6.07, 6.45) is 2.77. The highest BCUT2D eigenvalue weighted by Crippen LogP contribution is 2.06. The summed E-state index contributed by atoms with van der Waals surface area (Å²) in [7, 11) is 0. The molecule has 0 saturated carbocycles. The van der Waals surface area contributed by atoms with E-state index in [1.165, 1.54) is 0 Å². The third-order valence-electron chi connectivity index (χ3n) is 2.36. The summed E-state index contributed by atoms with van der Waals surface area (Å²) in [5, 5.41) is 11.3. The van der Waals surface area contributed by atoms with E-state index < -0.39 is 12.0 Å². The molecule has 2 atom stereocenters. The van der Waals surface area contributed by atoms with Gasteiger partial charge in [0.15, 0.2) is 0 Å². The third kappa shape index (κ3) is 6.19. The SMILES string of the molecule is C=CCC(N)C(=O)NCC(CC)CC(=O)O. The first kappa shape index (κ1) is 14.6. The average Bonchev–Trinajstić information content (AvgIpc) is 2.23. The maximum Gasteiger partial charge on any atom is 0.303 e. The molecule has 0 aliphatic rings. The molecule has 16 heavy (non-hydrogen) atoms. The molecule has 0 heterocycles. The second kappa shape index (κ2) is 7.87. The van der Waals surface area contributed by atoms with Crippen molar-refractivity contribution in [3.8, 4) is 0 Å². The summed E-state index contributed by atoms with van der Waals surface area (Å²) < 4.78 is 0. The predicted molar refractivity (Wildman–Crippen MR) is 61.8 cm³/mol. The number of carboxylic acids is 1. The number of hydrogen-bond donors (Lipinski definition) is 3. The van der Waals surface area contributed by atoms with Crippen molar-refractivity contribution in [3.63, 3.8) is 0 Å². The van der Waals surface area contributed by atoms with Gasteiger partial charge in [0.1, 0.15) is 0 Å². The number of carboxylic acid groups (broad SMARTS) is 1. The first-order valence-electron chi connectivity index (χ1n) is 5.37. The van der Waals surface area contributed by atoms with Crippen molar-refractivity contribution in [2.45, 2.75) is 32.2 Å². The number of amides is 1. The number of aliphatic carboxylic acids is 1. The molecule has 0 aromatic carbocycles. The number of hydrogen-bond acceptors (Lipinski definition) is 3. The molecule has 0 bridgehead atoms. The van der Waals surface area contributed by atoms with Gasteiger partial charge in [-0.25, -0.2) is 0 Å². The minimum atomic E-state index is -0.850. The molecular weight excluding hydrogens is 208 g/mol. The molecule has 0 rings (SSSR count). The Labute approximate surface area is 95.7 Å². The van der Waals surface area contributed by atoms with Gasteiger partial charge in [-0.3, -0.25) is 9.59 Å². The normalized spacial score (nSPS) is 13.9. The van der Waals surface area contributed by atoms with Gasteiger partial charge in [0.05, 0.1) is 6.04 Å². The Morgan fingerprint density at radius 1 is 1.56 bits per heavy atom. The van der Waals surface area contributed by atoms with Crippen molar-refractivity contribution in [3.05, 3.63) is 12.7 Å². The molecule has 0 spiro atoms. The highest BCUT2D eigenvalue weighted by molar-refractivity contribution is 5.81. The number of nitrogens with two attached hydrogens (primary N) is 1. The van der Waals surface area contributed by atoms with Crippen LogP contribution in [0.15, 0.2) is 12.7 Å². The fraction of sp³-hybridized carbons (Fsp3) is 0.636. The van der Waals surface area contributed by atoms with E-state index in [0.717, 1.165) is 0 Å². The highest BCUT2D eigenvalue weighted by Gasteiger charge is 2.15. The van der Waals surface area contributed by atoms with Crippen LogP contribution in [-0.2, 0) is 9.59 Å². The van der Waals surface area contributed by atoms with Crippen LogP contribution in [0.4, 0.5) is 0 Å². The van der Waals surface area contributed by atoms with Crippen molar-refractivity contribution < 1.29 is 14.7 Å². The molecule has 0 aromatic heterocycles. The maximum atomic E-state index is 11.4. The molecule has 0 radical (unpaired) electrons. The number of carbonyl (C=O) groups excluding carboxylic acids is 1. The van der Waals surface area contributed by atoms with Gasteiger partial charge in [-0.1, -0.05) is 19.4 Å². The first-order chi connectivity index (χ1) is 7.51. The zero-order valence-corrected chi connectivity index (χ0v) is 9.61. The van der Waals surface area contributed by atoms with Crippen LogP contribution < -0.4 is 11.1 Å². The quantitative estimate of drug-likeness (QED) is 0.528. The first-order valence-corrected chi connectivity index (χ1v) is 5.37. The van der Waals surface area contributed by atoms with Gasteiger partial charge in [-0.2, -0.15) is 0 Å². The van der Waals surface area contributed by atoms with Crippen molar-refractivity contribution in [2.24, 2.45) is 11.7 Å². The van der Waals surface area contributed by atoms with Crippen LogP contribution >= 0.6 is 0 Å². The van der Waals surface area contributed by atoms with Gasteiger partial charge >= 0.3 is 5.97 Å². The molecule has 0 saturated heterocycles. The second-order valence-corrected chi connectivity index (χ2v) is 3.75. The lowest BCUT2D eigenvalue weighted by Crippen LogP contribution is -2.42. The van der Waals surface area contributed by atoms with Crippen molar-refractivity contribution in [1.82, 2.24) is 5.32 Å². The molecule has 5 nitrogen and oxygen atoms in total. The third-order valence-corrected chi connectivity index (χ3v) is 2.36. The second-order valence-electron chi connectivity index (χ2n) is 3.75. The van der Waals surface area contributed by atoms with Crippen molar-refractivity contribution >= 4 is 11.9 Å². The van der Waals surface area contributed by atoms with Crippen molar-refractivity contribution in [2.75, 3.05) is 6.54 Å². The summed E-state index contributed by atoms with van der Waals surface area (Å²) in [6, 6.07) is -0.597. The summed E-state index contributed by atoms with van der Waals surface area (Å²) in [5.74, 6) is -1.15. The molecule has 1 amide bonds. The van der Waals surface area contributed by atoms with Gasteiger partial charge in [-0.05, 0) is 12.3 Å². The Morgan fingerprint density at radius 2 is 2.19 bits per heavy atom. The fourth-order valence-corrected chi connectivity index (χ4v) is 1.27. The molecule has 92 valence electrons. The highest BCUT2D eigenvalue weighted by atomic mass is 16.4. The van der Waals surface area contributed by atoms with E-state index in [2.05, 4.69) is 11.9 Å². The van der Waals surface area contributed by atoms with Crippen LogP contribution in [0.5, 0.6) is 0 Å². The van der Waals surface area contributed by atoms with Gasteiger partial charge < -0.3 is 16.2 Å². The van der Waals surface area contributed by atoms with E-state index in [1.54, 1.807) is 6.08 Å². The predicted octanol–water partition coefficient (Wildman–Crippen LogP) is 0.507. The number of carbonyl (C=O) groups is 2. The molecule has 0 aromatic rings. The Kier molecular flexibility index (Phi) is 7.20. The summed E-state index contributed by atoms with van der Waals surface area (Å²) in [4.78, 5) is 21.9. The van der Waals surface area contributed by atoms with E-state index in [0.29, 0.717) is 19.4 Å². The fourth-order valence-electron chi connectivity index (χ4n) is 1.27. The lowest BCUT2D eigenvalue weighted by Gasteiger charge is -2.15.